The van der Waals surface area contributed by atoms with Crippen LogP contribution in [0.15, 0.2) is 16.7 Å². The molecule has 0 bridgehead atoms. The predicted octanol–water partition coefficient (Wildman–Crippen LogP) is 2.03. The minimum absolute atomic E-state index is 0.350. The molecule has 5 heteroatoms. The normalized spacial score (nSPS) is 9.64. The van der Waals surface area contributed by atoms with E-state index in [1.54, 1.807) is 13.0 Å². The van der Waals surface area contributed by atoms with Crippen LogP contribution in [0.3, 0.4) is 0 Å². The molecule has 0 saturated carbocycles. The lowest BCUT2D eigenvalue weighted by atomic mass is 10.3. The Hall–Kier alpha value is -1.10. The second-order valence-electron chi connectivity index (χ2n) is 2.44. The van der Waals surface area contributed by atoms with Gasteiger partial charge in [-0.15, -0.1) is 0 Å². The van der Waals surface area contributed by atoms with Crippen LogP contribution in [-0.4, -0.2) is 24.7 Å². The number of carbonyl (C=O) groups is 1. The van der Waals surface area contributed by atoms with Gasteiger partial charge in [-0.2, -0.15) is 0 Å². The summed E-state index contributed by atoms with van der Waals surface area (Å²) in [6.07, 6.45) is 1.42. The van der Waals surface area contributed by atoms with Gasteiger partial charge in [0.05, 0.1) is 23.8 Å². The van der Waals surface area contributed by atoms with Crippen molar-refractivity contribution in [1.29, 1.82) is 0 Å². The summed E-state index contributed by atoms with van der Waals surface area (Å²) in [5.41, 5.74) is 0.402. The van der Waals surface area contributed by atoms with E-state index in [1.165, 1.54) is 13.3 Å². The summed E-state index contributed by atoms with van der Waals surface area (Å²) in [5, 5.41) is 0. The Morgan fingerprint density at radius 1 is 1.64 bits per heavy atom. The van der Waals surface area contributed by atoms with Crippen LogP contribution in [-0.2, 0) is 4.74 Å². The summed E-state index contributed by atoms with van der Waals surface area (Å²) in [6.45, 7) is 2.10. The molecule has 0 spiro atoms. The molecular weight excluding hydrogens is 250 g/mol. The van der Waals surface area contributed by atoms with Crippen molar-refractivity contribution in [3.05, 3.63) is 22.3 Å². The van der Waals surface area contributed by atoms with Gasteiger partial charge in [-0.3, -0.25) is 0 Å². The quantitative estimate of drug-likeness (QED) is 0.780. The van der Waals surface area contributed by atoms with Crippen molar-refractivity contribution in [1.82, 2.24) is 4.98 Å². The van der Waals surface area contributed by atoms with Crippen LogP contribution >= 0.6 is 15.9 Å². The molecule has 1 aromatic heterocycles. The van der Waals surface area contributed by atoms with Crippen LogP contribution in [0.4, 0.5) is 0 Å². The number of hydrogen-bond acceptors (Lipinski definition) is 4. The van der Waals surface area contributed by atoms with Gasteiger partial charge in [0, 0.05) is 6.20 Å². The largest absolute Gasteiger partial charge is 0.480 e. The Kier molecular flexibility index (Phi) is 3.88. The molecule has 0 unspecified atom stereocenters. The van der Waals surface area contributed by atoms with E-state index in [1.807, 2.05) is 0 Å². The zero-order valence-electron chi connectivity index (χ0n) is 7.91. The molecule has 14 heavy (non-hydrogen) atoms. The highest BCUT2D eigenvalue weighted by Crippen LogP contribution is 2.22. The first-order valence-corrected chi connectivity index (χ1v) is 4.85. The summed E-state index contributed by atoms with van der Waals surface area (Å²) in [7, 11) is 1.51. The fourth-order valence-electron chi connectivity index (χ4n) is 0.902. The smallest absolute Gasteiger partial charge is 0.339 e. The highest BCUT2D eigenvalue weighted by molar-refractivity contribution is 9.10. The molecule has 0 N–H and O–H groups in total. The molecule has 1 rings (SSSR count). The van der Waals surface area contributed by atoms with Crippen molar-refractivity contribution < 1.29 is 14.3 Å². The Bertz CT molecular complexity index is 341. The van der Waals surface area contributed by atoms with Crippen molar-refractivity contribution in [2.45, 2.75) is 6.92 Å². The number of pyridine rings is 1. The van der Waals surface area contributed by atoms with Gasteiger partial charge >= 0.3 is 5.97 Å². The molecule has 0 saturated heterocycles. The topological polar surface area (TPSA) is 48.4 Å². The lowest BCUT2D eigenvalue weighted by Gasteiger charge is -2.04. The number of aromatic nitrogens is 1. The Balaban J connectivity index is 2.91. The third-order valence-corrected chi connectivity index (χ3v) is 2.08. The number of rotatable bonds is 3. The maximum atomic E-state index is 11.3. The number of esters is 1. The van der Waals surface area contributed by atoms with E-state index >= 15 is 0 Å². The first-order valence-electron chi connectivity index (χ1n) is 4.05. The fraction of sp³-hybridized carbons (Fsp3) is 0.333. The third-order valence-electron chi connectivity index (χ3n) is 1.51. The van der Waals surface area contributed by atoms with E-state index < -0.39 is 0 Å². The third kappa shape index (κ3) is 2.45. The first-order chi connectivity index (χ1) is 6.69. The van der Waals surface area contributed by atoms with E-state index in [2.05, 4.69) is 20.9 Å². The predicted molar refractivity (Wildman–Crippen MR) is 54.4 cm³/mol. The van der Waals surface area contributed by atoms with Crippen molar-refractivity contribution in [2.24, 2.45) is 0 Å². The second-order valence-corrected chi connectivity index (χ2v) is 3.29. The number of hydrogen-bond donors (Lipinski definition) is 0. The second kappa shape index (κ2) is 4.95. The van der Waals surface area contributed by atoms with E-state index in [-0.39, 0.29) is 5.97 Å². The van der Waals surface area contributed by atoms with Crippen LogP contribution in [0.25, 0.3) is 0 Å². The number of nitrogens with zero attached hydrogens (tertiary/aromatic N) is 1. The molecule has 0 atom stereocenters. The molecule has 1 heterocycles. The molecule has 0 radical (unpaired) electrons. The zero-order chi connectivity index (χ0) is 10.6. The molecule has 76 valence electrons. The number of carbonyl (C=O) groups excluding carboxylic acids is 1. The molecule has 0 aliphatic carbocycles. The minimum atomic E-state index is -0.386. The average molecular weight is 260 g/mol. The van der Waals surface area contributed by atoms with Crippen molar-refractivity contribution in [3.8, 4) is 5.88 Å². The van der Waals surface area contributed by atoms with E-state index in [0.717, 1.165) is 0 Å². The van der Waals surface area contributed by atoms with E-state index in [9.17, 15) is 4.79 Å². The molecule has 0 aliphatic rings. The van der Waals surface area contributed by atoms with Gasteiger partial charge in [0.2, 0.25) is 5.88 Å². The van der Waals surface area contributed by atoms with Gasteiger partial charge in [-0.1, -0.05) is 0 Å². The summed E-state index contributed by atoms with van der Waals surface area (Å²) in [5.74, 6) is 0.0569. The standard InChI is InChI=1S/C9H10BrNO3/c1-3-14-9(12)6-4-7(10)8(13-2)11-5-6/h4-5H,3H2,1-2H3. The molecule has 0 fully saturated rings. The molecular formula is C9H10BrNO3. The number of ether oxygens (including phenoxy) is 2. The number of halogens is 1. The summed E-state index contributed by atoms with van der Waals surface area (Å²) in [6, 6.07) is 1.61. The highest BCUT2D eigenvalue weighted by Gasteiger charge is 2.10. The highest BCUT2D eigenvalue weighted by atomic mass is 79.9. The van der Waals surface area contributed by atoms with Gasteiger partial charge in [0.15, 0.2) is 0 Å². The molecule has 4 nitrogen and oxygen atoms in total. The van der Waals surface area contributed by atoms with E-state index in [0.29, 0.717) is 22.5 Å². The van der Waals surface area contributed by atoms with Crippen molar-refractivity contribution in [3.63, 3.8) is 0 Å². The van der Waals surface area contributed by atoms with Crippen molar-refractivity contribution in [2.75, 3.05) is 13.7 Å². The van der Waals surface area contributed by atoms with Gasteiger partial charge in [-0.05, 0) is 28.9 Å². The maximum absolute atomic E-state index is 11.3. The first kappa shape index (κ1) is 11.0. The Morgan fingerprint density at radius 2 is 2.36 bits per heavy atom. The maximum Gasteiger partial charge on any atom is 0.339 e. The summed E-state index contributed by atoms with van der Waals surface area (Å²) >= 11 is 3.23. The van der Waals surface area contributed by atoms with Crippen LogP contribution in [0.5, 0.6) is 5.88 Å². The minimum Gasteiger partial charge on any atom is -0.480 e. The van der Waals surface area contributed by atoms with E-state index in [4.69, 9.17) is 9.47 Å². The van der Waals surface area contributed by atoms with Gasteiger partial charge in [0.1, 0.15) is 0 Å². The van der Waals surface area contributed by atoms with Crippen LogP contribution in [0.2, 0.25) is 0 Å². The Morgan fingerprint density at radius 3 is 2.86 bits per heavy atom. The average Bonchev–Trinajstić information content (AvgIpc) is 2.18. The van der Waals surface area contributed by atoms with Crippen LogP contribution in [0.1, 0.15) is 17.3 Å². The number of methoxy groups -OCH3 is 1. The van der Waals surface area contributed by atoms with Gasteiger partial charge < -0.3 is 9.47 Å². The molecule has 0 amide bonds. The summed E-state index contributed by atoms with van der Waals surface area (Å²) < 4.78 is 10.4. The van der Waals surface area contributed by atoms with Crippen LogP contribution < -0.4 is 4.74 Å². The van der Waals surface area contributed by atoms with Gasteiger partial charge in [-0.25, -0.2) is 9.78 Å². The monoisotopic (exact) mass is 259 g/mol. The van der Waals surface area contributed by atoms with Crippen molar-refractivity contribution >= 4 is 21.9 Å². The summed E-state index contributed by atoms with van der Waals surface area (Å²) in [4.78, 5) is 15.2. The molecule has 1 aromatic rings. The van der Waals surface area contributed by atoms with Crippen LogP contribution in [0, 0.1) is 0 Å². The Labute approximate surface area is 90.4 Å². The zero-order valence-corrected chi connectivity index (χ0v) is 9.50. The fourth-order valence-corrected chi connectivity index (χ4v) is 1.41. The lowest BCUT2D eigenvalue weighted by Crippen LogP contribution is -2.05. The lowest BCUT2D eigenvalue weighted by molar-refractivity contribution is 0.0525. The SMILES string of the molecule is CCOC(=O)c1cnc(OC)c(Br)c1. The van der Waals surface area contributed by atoms with Gasteiger partial charge in [0.25, 0.3) is 0 Å². The molecule has 0 aromatic carbocycles. The molecule has 0 aliphatic heterocycles.